The number of anilines is 1. The first kappa shape index (κ1) is 36.8. The number of nitrogens with zero attached hydrogens (tertiary/aromatic N) is 2. The van der Waals surface area contributed by atoms with E-state index in [1.165, 1.54) is 22.5 Å². The third-order valence-corrected chi connectivity index (χ3v) is 11.5. The summed E-state index contributed by atoms with van der Waals surface area (Å²) in [6.45, 7) is 11.5. The van der Waals surface area contributed by atoms with Gasteiger partial charge in [0.2, 0.25) is 5.69 Å². The standard InChI is InChI=1S/C40H49ClN2O5S/c1-39(2)32-17-6-8-19-34(32)42(25-10-5-12-27-48-29-44)36(39)23-21-30-15-14-16-31(38(30)41)22-24-37-40(3,4)33-18-7-9-20-35(33)43(37)26-11-13-28-49(45,46)47/h6-9,17-24,29H,5,10-16,25-28H2,1-4H3/p+1. The first-order valence-electron chi connectivity index (χ1n) is 17.5. The zero-order valence-corrected chi connectivity index (χ0v) is 30.8. The monoisotopic (exact) mass is 705 g/mol. The minimum atomic E-state index is -3.98. The molecule has 2 aliphatic heterocycles. The normalized spacial score (nSPS) is 20.1. The van der Waals surface area contributed by atoms with Crippen LogP contribution < -0.4 is 4.90 Å². The van der Waals surface area contributed by atoms with Gasteiger partial charge in [0.25, 0.3) is 16.6 Å². The van der Waals surface area contributed by atoms with Crippen molar-refractivity contribution < 1.29 is 27.1 Å². The van der Waals surface area contributed by atoms with Crippen molar-refractivity contribution in [1.29, 1.82) is 0 Å². The number of fused-ring (bicyclic) bond motifs is 2. The molecule has 0 aromatic heterocycles. The minimum Gasteiger partial charge on any atom is -0.468 e. The summed E-state index contributed by atoms with van der Waals surface area (Å²) >= 11 is 7.18. The third-order valence-electron chi connectivity index (χ3n) is 10.2. The summed E-state index contributed by atoms with van der Waals surface area (Å²) in [6.07, 6.45) is 15.5. The van der Waals surface area contributed by atoms with Gasteiger partial charge in [-0.25, -0.2) is 0 Å². The van der Waals surface area contributed by atoms with Crippen molar-refractivity contribution in [3.63, 3.8) is 0 Å². The van der Waals surface area contributed by atoms with Crippen LogP contribution >= 0.6 is 11.6 Å². The smallest absolute Gasteiger partial charge is 0.293 e. The summed E-state index contributed by atoms with van der Waals surface area (Å²) < 4.78 is 39.2. The highest BCUT2D eigenvalue weighted by Gasteiger charge is 2.44. The molecule has 262 valence electrons. The van der Waals surface area contributed by atoms with Crippen LogP contribution in [0.1, 0.15) is 90.2 Å². The number of rotatable bonds is 15. The molecule has 0 amide bonds. The van der Waals surface area contributed by atoms with E-state index in [1.807, 2.05) is 6.07 Å². The Kier molecular flexibility index (Phi) is 11.7. The molecule has 0 fully saturated rings. The van der Waals surface area contributed by atoms with E-state index in [2.05, 4.69) is 104 Å². The van der Waals surface area contributed by atoms with Gasteiger partial charge in [-0.05, 0) is 87.6 Å². The largest absolute Gasteiger partial charge is 0.468 e. The molecule has 0 bridgehead atoms. The molecule has 2 aromatic carbocycles. The van der Waals surface area contributed by atoms with Crippen LogP contribution in [0.15, 0.2) is 94.7 Å². The van der Waals surface area contributed by atoms with Crippen molar-refractivity contribution in [2.24, 2.45) is 0 Å². The highest BCUT2D eigenvalue weighted by atomic mass is 35.5. The second-order valence-electron chi connectivity index (χ2n) is 14.3. The Labute approximate surface area is 297 Å². The Hall–Kier alpha value is -3.46. The Morgan fingerprint density at radius 3 is 2.39 bits per heavy atom. The van der Waals surface area contributed by atoms with E-state index >= 15 is 0 Å². The van der Waals surface area contributed by atoms with Crippen molar-refractivity contribution in [3.05, 3.63) is 106 Å². The molecule has 5 rings (SSSR count). The van der Waals surface area contributed by atoms with E-state index < -0.39 is 10.1 Å². The predicted octanol–water partition coefficient (Wildman–Crippen LogP) is 8.92. The molecule has 9 heteroatoms. The summed E-state index contributed by atoms with van der Waals surface area (Å²) in [4.78, 5) is 12.8. The molecule has 0 saturated heterocycles. The predicted molar refractivity (Wildman–Crippen MR) is 200 cm³/mol. The molecule has 2 aromatic rings. The summed E-state index contributed by atoms with van der Waals surface area (Å²) in [7, 11) is -3.98. The van der Waals surface area contributed by atoms with Crippen LogP contribution in [-0.2, 0) is 30.5 Å². The molecule has 49 heavy (non-hydrogen) atoms. The average molecular weight is 706 g/mol. The Morgan fingerprint density at radius 2 is 1.63 bits per heavy atom. The summed E-state index contributed by atoms with van der Waals surface area (Å²) in [6, 6.07) is 17.0. The quantitative estimate of drug-likeness (QED) is 0.0862. The molecule has 1 aliphatic carbocycles. The molecule has 7 nitrogen and oxygen atoms in total. The van der Waals surface area contributed by atoms with E-state index in [-0.39, 0.29) is 16.6 Å². The lowest BCUT2D eigenvalue weighted by Gasteiger charge is -2.27. The van der Waals surface area contributed by atoms with Crippen LogP contribution in [0.25, 0.3) is 0 Å². The maximum atomic E-state index is 11.3. The Bertz CT molecular complexity index is 1820. The molecule has 0 radical (unpaired) electrons. The van der Waals surface area contributed by atoms with Gasteiger partial charge in [-0.15, -0.1) is 0 Å². The van der Waals surface area contributed by atoms with E-state index in [9.17, 15) is 17.8 Å². The van der Waals surface area contributed by atoms with Gasteiger partial charge in [0.1, 0.15) is 6.54 Å². The van der Waals surface area contributed by atoms with Gasteiger partial charge in [-0.1, -0.05) is 74.0 Å². The Morgan fingerprint density at radius 1 is 0.898 bits per heavy atom. The lowest BCUT2D eigenvalue weighted by molar-refractivity contribution is -0.438. The fraction of sp³-hybridized carbons (Fsp3) is 0.450. The number of allylic oxidation sites excluding steroid dienone is 8. The number of carbonyl (C=O) groups excluding carboxylic acids is 1. The maximum absolute atomic E-state index is 11.3. The summed E-state index contributed by atoms with van der Waals surface area (Å²) in [5, 5.41) is 0.808. The lowest BCUT2D eigenvalue weighted by Crippen LogP contribution is -2.28. The zero-order valence-electron chi connectivity index (χ0n) is 29.3. The fourth-order valence-electron chi connectivity index (χ4n) is 7.57. The van der Waals surface area contributed by atoms with Crippen LogP contribution in [0.4, 0.5) is 11.4 Å². The van der Waals surface area contributed by atoms with Crippen molar-refractivity contribution in [2.45, 2.75) is 89.9 Å². The molecule has 3 aliphatic rings. The van der Waals surface area contributed by atoms with Gasteiger partial charge < -0.3 is 9.64 Å². The number of benzene rings is 2. The van der Waals surface area contributed by atoms with Gasteiger partial charge in [-0.3, -0.25) is 9.35 Å². The molecule has 0 atom stereocenters. The van der Waals surface area contributed by atoms with Crippen LogP contribution in [0.5, 0.6) is 0 Å². The van der Waals surface area contributed by atoms with Gasteiger partial charge in [0.05, 0.1) is 17.8 Å². The number of hydrogen-bond acceptors (Lipinski definition) is 5. The van der Waals surface area contributed by atoms with Crippen LogP contribution in [0.2, 0.25) is 0 Å². The van der Waals surface area contributed by atoms with Gasteiger partial charge in [0.15, 0.2) is 5.71 Å². The number of ether oxygens (including phenoxy) is 1. The van der Waals surface area contributed by atoms with Crippen molar-refractivity contribution in [1.82, 2.24) is 0 Å². The average Bonchev–Trinajstić information content (AvgIpc) is 3.41. The maximum Gasteiger partial charge on any atom is 0.293 e. The van der Waals surface area contributed by atoms with Crippen molar-refractivity contribution >= 4 is 45.3 Å². The zero-order chi connectivity index (χ0) is 35.2. The van der Waals surface area contributed by atoms with E-state index in [0.717, 1.165) is 72.6 Å². The van der Waals surface area contributed by atoms with Crippen molar-refractivity contribution in [3.8, 4) is 0 Å². The number of para-hydroxylation sites is 2. The molecule has 2 heterocycles. The van der Waals surface area contributed by atoms with Crippen molar-refractivity contribution in [2.75, 3.05) is 30.3 Å². The second-order valence-corrected chi connectivity index (χ2v) is 16.2. The highest BCUT2D eigenvalue weighted by Crippen LogP contribution is 2.48. The minimum absolute atomic E-state index is 0.160. The molecule has 0 spiro atoms. The Balaban J connectivity index is 1.41. The molecular formula is C40H50ClN2O5S+. The van der Waals surface area contributed by atoms with E-state index in [0.29, 0.717) is 32.5 Å². The van der Waals surface area contributed by atoms with Crippen LogP contribution in [-0.4, -0.2) is 55.2 Å². The second kappa shape index (κ2) is 15.6. The number of carbonyl (C=O) groups is 1. The first-order valence-corrected chi connectivity index (χ1v) is 19.5. The lowest BCUT2D eigenvalue weighted by atomic mass is 9.81. The van der Waals surface area contributed by atoms with Gasteiger partial charge in [0, 0.05) is 52.5 Å². The van der Waals surface area contributed by atoms with Gasteiger partial charge in [-0.2, -0.15) is 13.0 Å². The van der Waals surface area contributed by atoms with Crippen LogP contribution in [0.3, 0.4) is 0 Å². The highest BCUT2D eigenvalue weighted by molar-refractivity contribution is 7.85. The first-order chi connectivity index (χ1) is 23.4. The fourth-order valence-corrected chi connectivity index (χ4v) is 8.45. The topological polar surface area (TPSA) is 86.9 Å². The van der Waals surface area contributed by atoms with Gasteiger partial charge >= 0.3 is 0 Å². The number of hydrogen-bond donors (Lipinski definition) is 1. The molecule has 0 saturated carbocycles. The molecular weight excluding hydrogens is 656 g/mol. The number of halogens is 1. The third kappa shape index (κ3) is 8.30. The SMILES string of the molecule is CC1(C)C(/C=C/C2=C(Cl)C(=C/C=C3/N(CCCCS(=O)(=O)O)c4ccccc4C3(C)C)/CCC2)=[N+](CCCCCOC=O)c2ccccc21. The van der Waals surface area contributed by atoms with E-state index in [4.69, 9.17) is 16.3 Å². The van der Waals surface area contributed by atoms with Crippen LogP contribution in [0, 0.1) is 0 Å². The summed E-state index contributed by atoms with van der Waals surface area (Å²) in [5.74, 6) is -0.232. The van der Waals surface area contributed by atoms with E-state index in [1.54, 1.807) is 0 Å². The molecule has 0 unspecified atom stereocenters. The molecule has 1 N–H and O–H groups in total. The number of unbranched alkanes of at least 4 members (excludes halogenated alkanes) is 3. The summed E-state index contributed by atoms with van der Waals surface area (Å²) in [5.41, 5.74) is 9.19.